The summed E-state index contributed by atoms with van der Waals surface area (Å²) in [5, 5.41) is 12.5. The van der Waals surface area contributed by atoms with Gasteiger partial charge in [0.2, 0.25) is 5.16 Å². The molecule has 2 aromatic heterocycles. The standard InChI is InChI=1S/C33H48N6OS/c1-29(2)14-19-18(20(15-29)27(40)39-17-35-28(41)38-39)10-12-32(6)22(19)8-9-24-31(5)16-21-25(36-37-26(21)34)30(3,4)23(31)11-13-33(24,32)7/h8,17-20,23-24H,9-16H2,1-7H3,(H,38,41)(H3,34,36,37)/t18-,19?,20+,23?,24?,31-,32+,33+/m0/s1. The second kappa shape index (κ2) is 8.51. The van der Waals surface area contributed by atoms with Crippen LogP contribution in [-0.2, 0) is 11.8 Å². The van der Waals surface area contributed by atoms with Crippen LogP contribution in [0.5, 0.6) is 0 Å². The van der Waals surface area contributed by atoms with Gasteiger partial charge >= 0.3 is 0 Å². The van der Waals surface area contributed by atoms with Crippen molar-refractivity contribution in [3.63, 3.8) is 0 Å². The first-order chi connectivity index (χ1) is 19.1. The third-order valence-electron chi connectivity index (χ3n) is 13.7. The van der Waals surface area contributed by atoms with Crippen LogP contribution in [0.1, 0.15) is 109 Å². The summed E-state index contributed by atoms with van der Waals surface area (Å²) in [6.07, 6.45) is 13.1. The lowest BCUT2D eigenvalue weighted by Crippen LogP contribution is -2.63. The van der Waals surface area contributed by atoms with Crippen molar-refractivity contribution in [3.05, 3.63) is 29.2 Å². The first kappa shape index (κ1) is 27.7. The van der Waals surface area contributed by atoms with Gasteiger partial charge in [0.25, 0.3) is 5.91 Å². The van der Waals surface area contributed by atoms with Crippen LogP contribution in [0.4, 0.5) is 5.82 Å². The van der Waals surface area contributed by atoms with E-state index in [4.69, 9.17) is 10.8 Å². The molecule has 3 N–H and O–H groups in total. The Bertz CT molecular complexity index is 1450. The van der Waals surface area contributed by atoms with E-state index in [9.17, 15) is 4.79 Å². The van der Waals surface area contributed by atoms with Crippen molar-refractivity contribution in [2.24, 2.45) is 51.2 Å². The van der Waals surface area contributed by atoms with E-state index in [0.717, 1.165) is 44.3 Å². The Morgan fingerprint density at radius 1 is 1.07 bits per heavy atom. The third-order valence-corrected chi connectivity index (χ3v) is 13.9. The molecule has 0 bridgehead atoms. The molecule has 222 valence electrons. The number of nitrogen functional groups attached to an aromatic ring is 1. The quantitative estimate of drug-likeness (QED) is 0.254. The molecule has 3 saturated carbocycles. The molecule has 2 heterocycles. The van der Waals surface area contributed by atoms with E-state index >= 15 is 0 Å². The first-order valence-corrected chi connectivity index (χ1v) is 16.3. The lowest BCUT2D eigenvalue weighted by Gasteiger charge is -2.70. The van der Waals surface area contributed by atoms with Gasteiger partial charge in [-0.05, 0) is 96.7 Å². The van der Waals surface area contributed by atoms with Gasteiger partial charge in [-0.2, -0.15) is 9.78 Å². The number of allylic oxidation sites excluding steroid dienone is 2. The molecule has 5 aliphatic carbocycles. The number of carbonyl (C=O) groups is 1. The van der Waals surface area contributed by atoms with E-state index in [2.05, 4.69) is 82.4 Å². The Hall–Kier alpha value is -2.09. The molecule has 5 aliphatic rings. The summed E-state index contributed by atoms with van der Waals surface area (Å²) < 4.78 is 1.45. The maximum Gasteiger partial charge on any atom is 0.251 e. The second-order valence-corrected chi connectivity index (χ2v) is 16.9. The minimum atomic E-state index is -0.0379. The van der Waals surface area contributed by atoms with Gasteiger partial charge in [0.15, 0.2) is 0 Å². The second-order valence-electron chi connectivity index (χ2n) is 16.5. The minimum absolute atomic E-state index is 0.00441. The highest BCUT2D eigenvalue weighted by Crippen LogP contribution is 2.74. The minimum Gasteiger partial charge on any atom is -0.384 e. The molecule has 0 spiro atoms. The highest BCUT2D eigenvalue weighted by atomic mass is 32.1. The topological polar surface area (TPSA) is 102 Å². The van der Waals surface area contributed by atoms with Crippen molar-refractivity contribution in [2.75, 3.05) is 5.73 Å². The van der Waals surface area contributed by atoms with E-state index in [1.165, 1.54) is 28.8 Å². The van der Waals surface area contributed by atoms with Crippen molar-refractivity contribution in [3.8, 4) is 0 Å². The van der Waals surface area contributed by atoms with Crippen LogP contribution in [0.15, 0.2) is 23.1 Å². The van der Waals surface area contributed by atoms with Crippen LogP contribution >= 0.6 is 12.6 Å². The number of carbonyl (C=O) groups excluding carboxylic acids is 1. The third kappa shape index (κ3) is 3.58. The van der Waals surface area contributed by atoms with Gasteiger partial charge in [-0.25, -0.2) is 4.98 Å². The van der Waals surface area contributed by atoms with Crippen molar-refractivity contribution in [2.45, 2.75) is 110 Å². The number of anilines is 1. The van der Waals surface area contributed by atoms with Crippen LogP contribution in [0.25, 0.3) is 0 Å². The number of hydrogen-bond acceptors (Lipinski definition) is 6. The molecule has 0 radical (unpaired) electrons. The van der Waals surface area contributed by atoms with Crippen LogP contribution in [0.3, 0.4) is 0 Å². The van der Waals surface area contributed by atoms with E-state index in [-0.39, 0.29) is 38.9 Å². The van der Waals surface area contributed by atoms with E-state index in [1.807, 2.05) is 0 Å². The van der Waals surface area contributed by atoms with Gasteiger partial charge in [0.05, 0.1) is 5.69 Å². The van der Waals surface area contributed by atoms with Crippen LogP contribution in [0.2, 0.25) is 0 Å². The number of hydrogen-bond donors (Lipinski definition) is 3. The van der Waals surface area contributed by atoms with Gasteiger partial charge in [0, 0.05) is 16.9 Å². The van der Waals surface area contributed by atoms with Crippen LogP contribution < -0.4 is 5.73 Å². The molecular formula is C33H48N6OS. The number of thiol groups is 1. The van der Waals surface area contributed by atoms with Crippen molar-refractivity contribution < 1.29 is 4.79 Å². The number of nitrogens with two attached hydrogens (primary N) is 1. The lowest BCUT2D eigenvalue weighted by atomic mass is 9.34. The number of aromatic amines is 1. The summed E-state index contributed by atoms with van der Waals surface area (Å²) in [5.41, 5.74) is 11.2. The Balaban J connectivity index is 1.28. The van der Waals surface area contributed by atoms with Gasteiger partial charge in [-0.1, -0.05) is 60.1 Å². The maximum atomic E-state index is 13.8. The van der Waals surface area contributed by atoms with E-state index in [1.54, 1.807) is 11.9 Å². The van der Waals surface area contributed by atoms with E-state index < -0.39 is 0 Å². The molecule has 0 amide bonds. The molecule has 3 fully saturated rings. The zero-order chi connectivity index (χ0) is 29.3. The SMILES string of the molecule is CC1(C)CC2C3=CCC4[C@@]5(C)Cc6c(n[nH]c6N)C(C)(C)C5CC[C@@]4(C)[C@]3(C)CC[C@@H]2[C@H](C(=O)n2cnc(S)n2)C1. The maximum absolute atomic E-state index is 13.8. The monoisotopic (exact) mass is 576 g/mol. The summed E-state index contributed by atoms with van der Waals surface area (Å²) in [6, 6.07) is 0. The average molecular weight is 577 g/mol. The molecule has 7 nitrogen and oxygen atoms in total. The zero-order valence-corrected chi connectivity index (χ0v) is 26.8. The highest BCUT2D eigenvalue weighted by Gasteiger charge is 2.67. The fourth-order valence-corrected chi connectivity index (χ4v) is 12.0. The molecule has 7 rings (SSSR count). The molecule has 2 aromatic rings. The van der Waals surface area contributed by atoms with Crippen LogP contribution in [0, 0.1) is 51.2 Å². The Morgan fingerprint density at radius 2 is 1.83 bits per heavy atom. The number of fused-ring (bicyclic) bond motifs is 8. The normalized spacial score (nSPS) is 42.1. The fraction of sp³-hybridized carbons (Fsp3) is 0.758. The lowest BCUT2D eigenvalue weighted by molar-refractivity contribution is -0.154. The summed E-state index contributed by atoms with van der Waals surface area (Å²) in [6.45, 7) is 17.3. The number of aromatic nitrogens is 5. The van der Waals surface area contributed by atoms with Crippen molar-refractivity contribution >= 4 is 24.4 Å². The van der Waals surface area contributed by atoms with Gasteiger partial charge in [-0.15, -0.1) is 17.7 Å². The molecule has 0 aliphatic heterocycles. The molecule has 0 saturated heterocycles. The molecular weight excluding hydrogens is 528 g/mol. The fourth-order valence-electron chi connectivity index (χ4n) is 11.8. The number of rotatable bonds is 1. The number of H-pyrrole nitrogens is 1. The average Bonchev–Trinajstić information content (AvgIpc) is 3.48. The zero-order valence-electron chi connectivity index (χ0n) is 25.9. The summed E-state index contributed by atoms with van der Waals surface area (Å²) in [7, 11) is 0. The molecule has 8 atom stereocenters. The summed E-state index contributed by atoms with van der Waals surface area (Å²) in [4.78, 5) is 18.0. The Morgan fingerprint density at radius 3 is 2.54 bits per heavy atom. The van der Waals surface area contributed by atoms with Gasteiger partial charge in [0.1, 0.15) is 12.1 Å². The van der Waals surface area contributed by atoms with Gasteiger partial charge < -0.3 is 5.73 Å². The number of nitrogens with one attached hydrogen (secondary N) is 1. The largest absolute Gasteiger partial charge is 0.384 e. The molecule has 3 unspecified atom stereocenters. The molecule has 41 heavy (non-hydrogen) atoms. The predicted octanol–water partition coefficient (Wildman–Crippen LogP) is 6.88. The highest BCUT2D eigenvalue weighted by molar-refractivity contribution is 7.80. The summed E-state index contributed by atoms with van der Waals surface area (Å²) >= 11 is 4.27. The van der Waals surface area contributed by atoms with Crippen molar-refractivity contribution in [1.29, 1.82) is 0 Å². The van der Waals surface area contributed by atoms with Crippen LogP contribution in [-0.4, -0.2) is 30.9 Å². The Kier molecular flexibility index (Phi) is 5.75. The van der Waals surface area contributed by atoms with Gasteiger partial charge in [-0.3, -0.25) is 9.89 Å². The first-order valence-electron chi connectivity index (χ1n) is 15.8. The summed E-state index contributed by atoms with van der Waals surface area (Å²) in [5.74, 6) is 2.77. The Labute approximate surface area is 250 Å². The van der Waals surface area contributed by atoms with Crippen molar-refractivity contribution in [1.82, 2.24) is 25.0 Å². The molecule has 8 heteroatoms. The predicted molar refractivity (Wildman–Crippen MR) is 164 cm³/mol. The smallest absolute Gasteiger partial charge is 0.251 e. The van der Waals surface area contributed by atoms with E-state index in [0.29, 0.717) is 28.8 Å². The number of nitrogens with zero attached hydrogens (tertiary/aromatic N) is 4. The molecule has 0 aromatic carbocycles.